The maximum Gasteiger partial charge on any atom is 0.357 e. The number of carbonyl (C=O) groups is 3. The number of hydrogen-bond donors (Lipinski definition) is 1. The Balaban J connectivity index is 0.000000146. The van der Waals surface area contributed by atoms with Gasteiger partial charge in [0.15, 0.2) is 10.4 Å². The quantitative estimate of drug-likeness (QED) is 0.0968. The van der Waals surface area contributed by atoms with Crippen molar-refractivity contribution in [2.75, 3.05) is 93.2 Å². The average Bonchev–Trinajstić information content (AvgIpc) is 0.946. The lowest BCUT2D eigenvalue weighted by atomic mass is 10.1. The molecule has 1 N–H and O–H groups in total. The van der Waals surface area contributed by atoms with Gasteiger partial charge in [-0.1, -0.05) is 74.5 Å². The Hall–Kier alpha value is -10.0. The Bertz CT molecular complexity index is 4350. The number of nitrogens with one attached hydrogen (secondary N) is 1. The highest BCUT2D eigenvalue weighted by Crippen LogP contribution is 2.37. The number of fused-ring (bicyclic) bond motifs is 3. The first-order chi connectivity index (χ1) is 42.2. The number of H-pyrrole nitrogens is 1. The van der Waals surface area contributed by atoms with Gasteiger partial charge < -0.3 is 47.5 Å². The number of thiophene rings is 1. The molecule has 3 fully saturated rings. The number of aromatic nitrogens is 5. The molecular formula is C59H59BrN14O13S. The molecule has 3 aliphatic rings. The van der Waals surface area contributed by atoms with Crippen molar-refractivity contribution in [3.8, 4) is 0 Å². The van der Waals surface area contributed by atoms with Gasteiger partial charge in [-0.15, -0.1) is 11.3 Å². The topological polar surface area (TPSA) is 308 Å². The van der Waals surface area contributed by atoms with Crippen molar-refractivity contribution in [1.82, 2.24) is 38.6 Å². The first-order valence-electron chi connectivity index (χ1n) is 28.0. The van der Waals surface area contributed by atoms with E-state index in [0.29, 0.717) is 150 Å². The molecule has 9 aromatic rings. The zero-order valence-electron chi connectivity index (χ0n) is 48.1. The molecule has 3 aromatic carbocycles. The summed E-state index contributed by atoms with van der Waals surface area (Å²) in [5, 5.41) is 45.7. The molecule has 27 nitrogen and oxygen atoms in total. The number of nitrogens with zero attached hydrogens (tertiary/aromatic N) is 13. The summed E-state index contributed by atoms with van der Waals surface area (Å²) in [5.41, 5.74) is 0.181. The molecule has 88 heavy (non-hydrogen) atoms. The van der Waals surface area contributed by atoms with Gasteiger partial charge in [0, 0.05) is 122 Å². The Morgan fingerprint density at radius 2 is 0.977 bits per heavy atom. The third-order valence-corrected chi connectivity index (χ3v) is 16.9. The van der Waals surface area contributed by atoms with Crippen LogP contribution in [0.25, 0.3) is 32.7 Å². The fourth-order valence-electron chi connectivity index (χ4n) is 11.4. The van der Waals surface area contributed by atoms with Gasteiger partial charge in [0.05, 0.1) is 36.2 Å². The van der Waals surface area contributed by atoms with Crippen molar-refractivity contribution in [2.45, 2.75) is 20.4 Å². The van der Waals surface area contributed by atoms with Gasteiger partial charge in [-0.05, 0) is 69.7 Å². The summed E-state index contributed by atoms with van der Waals surface area (Å²) in [7, 11) is 3.06. The highest BCUT2D eigenvalue weighted by Gasteiger charge is 2.36. The second-order valence-electron chi connectivity index (χ2n) is 21.3. The molecule has 0 spiro atoms. The van der Waals surface area contributed by atoms with Gasteiger partial charge in [-0.25, -0.2) is 0 Å². The number of rotatable bonds is 11. The van der Waals surface area contributed by atoms with E-state index in [1.54, 1.807) is 87.5 Å². The van der Waals surface area contributed by atoms with Crippen LogP contribution in [0.4, 0.5) is 34.1 Å². The van der Waals surface area contributed by atoms with Crippen LogP contribution in [-0.4, -0.2) is 150 Å². The van der Waals surface area contributed by atoms with Crippen molar-refractivity contribution in [2.24, 2.45) is 20.0 Å². The summed E-state index contributed by atoms with van der Waals surface area (Å²) in [6.07, 6.45) is 1.51. The third-order valence-electron chi connectivity index (χ3n) is 15.6. The van der Waals surface area contributed by atoms with E-state index in [9.17, 15) is 59.1 Å². The smallest absolute Gasteiger partial charge is 0.357 e. The number of benzene rings is 3. The highest BCUT2D eigenvalue weighted by atomic mass is 79.9. The van der Waals surface area contributed by atoms with E-state index >= 15 is 0 Å². The van der Waals surface area contributed by atoms with Crippen LogP contribution >= 0.6 is 27.3 Å². The van der Waals surface area contributed by atoms with Crippen molar-refractivity contribution >= 4 is 112 Å². The number of pyridine rings is 3. The minimum absolute atomic E-state index is 0.0265. The molecule has 0 radical (unpaired) electrons. The maximum absolute atomic E-state index is 13.2. The van der Waals surface area contributed by atoms with Crippen LogP contribution in [0.5, 0.6) is 0 Å². The summed E-state index contributed by atoms with van der Waals surface area (Å²) in [6, 6.07) is 30.1. The Labute approximate surface area is 512 Å². The zero-order chi connectivity index (χ0) is 62.7. The predicted molar refractivity (Wildman–Crippen MR) is 335 cm³/mol. The normalized spacial score (nSPS) is 14.4. The fraction of sp³-hybridized carbons (Fsp3) is 0.305. The van der Waals surface area contributed by atoms with Crippen LogP contribution in [-0.2, 0) is 20.6 Å². The van der Waals surface area contributed by atoms with E-state index in [0.717, 1.165) is 0 Å². The molecule has 9 heterocycles. The zero-order valence-corrected chi connectivity index (χ0v) is 50.5. The van der Waals surface area contributed by atoms with Crippen LogP contribution in [0.1, 0.15) is 44.6 Å². The lowest BCUT2D eigenvalue weighted by Gasteiger charge is -2.36. The first kappa shape index (κ1) is 61.1. The van der Waals surface area contributed by atoms with E-state index in [4.69, 9.17) is 4.42 Å². The second kappa shape index (κ2) is 25.9. The van der Waals surface area contributed by atoms with Crippen molar-refractivity contribution in [1.29, 1.82) is 0 Å². The molecule has 3 amide bonds. The van der Waals surface area contributed by atoms with Crippen molar-refractivity contribution in [3.05, 3.63) is 197 Å². The largest absolute Gasteiger partial charge is 0.444 e. The Morgan fingerprint density at radius 1 is 0.557 bits per heavy atom. The number of aromatic amines is 1. The van der Waals surface area contributed by atoms with E-state index in [1.807, 2.05) is 64.3 Å². The highest BCUT2D eigenvalue weighted by molar-refractivity contribution is 9.10. The summed E-state index contributed by atoms with van der Waals surface area (Å²) in [6.45, 7) is 9.10. The average molecular weight is 1280 g/mol. The Kier molecular flexibility index (Phi) is 18.0. The number of nitro groups is 3. The molecule has 0 aliphatic carbocycles. The molecule has 0 atom stereocenters. The number of aryl methyl sites for hydroxylation is 2. The number of hydrogen-bond acceptors (Lipinski definition) is 18. The summed E-state index contributed by atoms with van der Waals surface area (Å²) in [5.74, 6) is -0.0331. The lowest BCUT2D eigenvalue weighted by Crippen LogP contribution is -2.49. The molecular weight excluding hydrogens is 1220 g/mol. The number of piperazine rings is 3. The van der Waals surface area contributed by atoms with E-state index in [2.05, 4.69) is 26.1 Å². The number of anilines is 3. The number of furan rings is 1. The van der Waals surface area contributed by atoms with Crippen LogP contribution < -0.4 is 31.4 Å². The molecule has 6 aromatic heterocycles. The predicted octanol–water partition coefficient (Wildman–Crippen LogP) is 7.49. The van der Waals surface area contributed by atoms with Crippen LogP contribution in [0.2, 0.25) is 0 Å². The Morgan fingerprint density at radius 3 is 1.38 bits per heavy atom. The minimum Gasteiger partial charge on any atom is -0.444 e. The fourth-order valence-corrected chi connectivity index (χ4v) is 12.4. The van der Waals surface area contributed by atoms with Crippen LogP contribution in [0, 0.1) is 36.3 Å². The molecule has 456 valence electrons. The molecule has 0 unspecified atom stereocenters. The SMILES string of the molecule is CC(C)Cn1c(=O)c([N+](=O)[O-])c(N2CCN(C(=O)c3cccs3)CC2)c2ccccc21.Cn1c(=O)c([N+](=O)[O-])c(N2CCN(C(=O)c3ccc(Br)o3)CC2)c2ccccc21.Cn1c(=O)c([N+](=O)[O-])c(N2CCN(C(=O)c3ccn[nH]3)CC2)c2ccccc21. The van der Waals surface area contributed by atoms with Gasteiger partial charge in [-0.2, -0.15) is 5.10 Å². The first-order valence-corrected chi connectivity index (χ1v) is 29.7. The van der Waals surface area contributed by atoms with Crippen LogP contribution in [0.15, 0.2) is 138 Å². The molecule has 12 rings (SSSR count). The van der Waals surface area contributed by atoms with Gasteiger partial charge in [0.2, 0.25) is 0 Å². The van der Waals surface area contributed by atoms with E-state index < -0.39 is 48.5 Å². The van der Waals surface area contributed by atoms with Crippen LogP contribution in [0.3, 0.4) is 0 Å². The molecule has 3 aliphatic heterocycles. The maximum atomic E-state index is 13.2. The standard InChI is InChI=1S/C22H24N4O4S.C19H17BrN4O5.C18H18N6O4/c1-15(2)14-25-17-7-4-3-6-16(17)19(20(22(25)28)26(29)30)23-9-11-24(12-10-23)21(27)18-8-5-13-31-18;1-21-13-5-3-2-4-12(13)16(17(19(21)26)24(27)28)22-8-10-23(11-9-22)18(25)14-6-7-15(20)29-14;1-21-14-5-3-2-4-12(14)15(16(18(21)26)24(27)28)22-8-10-23(11-9-22)17(25)13-6-7-19-20-13/h3-8,13,15H,9-12,14H2,1-2H3;2-7H,8-11H2,1H3;2-7H,8-11H2,1H3,(H,19,20). The molecule has 0 saturated carbocycles. The van der Waals surface area contributed by atoms with Crippen molar-refractivity contribution in [3.63, 3.8) is 0 Å². The molecule has 3 saturated heterocycles. The monoisotopic (exact) mass is 1280 g/mol. The number of amides is 3. The third kappa shape index (κ3) is 12.1. The minimum atomic E-state index is -0.650. The van der Waals surface area contributed by atoms with Gasteiger partial charge in [0.1, 0.15) is 22.8 Å². The van der Waals surface area contributed by atoms with Crippen molar-refractivity contribution < 1.29 is 33.6 Å². The summed E-state index contributed by atoms with van der Waals surface area (Å²) < 4.78 is 9.91. The summed E-state index contributed by atoms with van der Waals surface area (Å²) >= 11 is 4.58. The number of halogens is 1. The lowest BCUT2D eigenvalue weighted by molar-refractivity contribution is -0.385. The number of carbonyl (C=O) groups excluding carboxylic acids is 3. The molecule has 0 bridgehead atoms. The van der Waals surface area contributed by atoms with Gasteiger partial charge in [0.25, 0.3) is 17.7 Å². The second-order valence-corrected chi connectivity index (χ2v) is 23.1. The van der Waals surface area contributed by atoms with Gasteiger partial charge in [-0.3, -0.25) is 64.2 Å². The van der Waals surface area contributed by atoms with Gasteiger partial charge >= 0.3 is 33.7 Å². The van der Waals surface area contributed by atoms with E-state index in [-0.39, 0.29) is 29.4 Å². The number of para-hydroxylation sites is 3. The van der Waals surface area contributed by atoms with E-state index in [1.165, 1.54) is 45.3 Å². The summed E-state index contributed by atoms with van der Waals surface area (Å²) in [4.78, 5) is 121. The molecule has 29 heteroatoms.